The largest absolute Gasteiger partial charge is 0.475 e. The number of carbonyl (C=O) groups is 1. The van der Waals surface area contributed by atoms with E-state index in [1.165, 1.54) is 0 Å². The number of benzene rings is 1. The summed E-state index contributed by atoms with van der Waals surface area (Å²) in [6.45, 7) is 2.00. The van der Waals surface area contributed by atoms with Crippen molar-refractivity contribution >= 4 is 37.6 Å². The second kappa shape index (κ2) is 5.90. The number of anilines is 1. The molecule has 21 heavy (non-hydrogen) atoms. The molecule has 2 aromatic rings. The highest BCUT2D eigenvalue weighted by atomic mass is 79.9. The summed E-state index contributed by atoms with van der Waals surface area (Å²) in [5.74, 6) is -1.80. The van der Waals surface area contributed by atoms with Gasteiger partial charge in [-0.05, 0) is 40.0 Å². The molecule has 0 spiro atoms. The van der Waals surface area contributed by atoms with Crippen LogP contribution in [0, 0.1) is 0 Å². The van der Waals surface area contributed by atoms with Gasteiger partial charge in [0.05, 0.1) is 0 Å². The van der Waals surface area contributed by atoms with E-state index in [0.29, 0.717) is 5.69 Å². The van der Waals surface area contributed by atoms with Crippen LogP contribution in [0.3, 0.4) is 0 Å². The lowest BCUT2D eigenvalue weighted by Crippen LogP contribution is -2.12. The lowest BCUT2D eigenvalue weighted by Gasteiger charge is -2.07. The van der Waals surface area contributed by atoms with Crippen LogP contribution in [-0.4, -0.2) is 19.5 Å². The van der Waals surface area contributed by atoms with Crippen molar-refractivity contribution in [2.24, 2.45) is 0 Å². The fourth-order valence-electron chi connectivity index (χ4n) is 1.66. The van der Waals surface area contributed by atoms with E-state index in [0.717, 1.165) is 18.1 Å². The summed E-state index contributed by atoms with van der Waals surface area (Å²) >= 11 is 2.91. The van der Waals surface area contributed by atoms with E-state index in [1.807, 2.05) is 19.1 Å². The number of carboxylic acids is 1. The smallest absolute Gasteiger partial charge is 0.371 e. The number of rotatable bonds is 5. The van der Waals surface area contributed by atoms with Crippen LogP contribution in [0.25, 0.3) is 0 Å². The predicted molar refractivity (Wildman–Crippen MR) is 80.0 cm³/mol. The van der Waals surface area contributed by atoms with Crippen LogP contribution in [0.15, 0.2) is 44.3 Å². The molecular formula is C13H12BrNO5S. The van der Waals surface area contributed by atoms with Gasteiger partial charge in [-0.15, -0.1) is 0 Å². The molecule has 2 N–H and O–H groups in total. The van der Waals surface area contributed by atoms with Gasteiger partial charge in [0.15, 0.2) is 4.67 Å². The zero-order valence-corrected chi connectivity index (χ0v) is 13.4. The molecule has 1 heterocycles. The van der Waals surface area contributed by atoms with Crippen LogP contribution < -0.4 is 4.72 Å². The Balaban J connectivity index is 2.31. The molecule has 2 rings (SSSR count). The van der Waals surface area contributed by atoms with Crippen LogP contribution in [0.4, 0.5) is 5.69 Å². The predicted octanol–water partition coefficient (Wildman–Crippen LogP) is 3.10. The van der Waals surface area contributed by atoms with Crippen molar-refractivity contribution in [1.29, 1.82) is 0 Å². The Hall–Kier alpha value is -1.80. The van der Waals surface area contributed by atoms with Crippen LogP contribution in [0.2, 0.25) is 0 Å². The van der Waals surface area contributed by atoms with Gasteiger partial charge in [0, 0.05) is 11.8 Å². The summed E-state index contributed by atoms with van der Waals surface area (Å²) in [5, 5.41) is 8.81. The number of aromatic carboxylic acids is 1. The van der Waals surface area contributed by atoms with Gasteiger partial charge < -0.3 is 9.52 Å². The van der Waals surface area contributed by atoms with Crippen molar-refractivity contribution in [3.05, 3.63) is 46.3 Å². The number of carboxylic acid groups (broad SMARTS) is 1. The van der Waals surface area contributed by atoms with Crippen LogP contribution >= 0.6 is 15.9 Å². The van der Waals surface area contributed by atoms with E-state index >= 15 is 0 Å². The van der Waals surface area contributed by atoms with Gasteiger partial charge >= 0.3 is 5.97 Å². The maximum absolute atomic E-state index is 12.2. The Bertz CT molecular complexity index is 764. The molecule has 1 aromatic carbocycles. The lowest BCUT2D eigenvalue weighted by molar-refractivity contribution is 0.0661. The highest BCUT2D eigenvalue weighted by Gasteiger charge is 2.24. The summed E-state index contributed by atoms with van der Waals surface area (Å²) in [6, 6.07) is 7.86. The minimum Gasteiger partial charge on any atom is -0.475 e. The van der Waals surface area contributed by atoms with Crippen LogP contribution in [0.1, 0.15) is 23.0 Å². The van der Waals surface area contributed by atoms with E-state index < -0.39 is 21.8 Å². The molecule has 0 unspecified atom stereocenters. The molecule has 6 nitrogen and oxygen atoms in total. The third kappa shape index (κ3) is 3.45. The number of aryl methyl sites for hydroxylation is 1. The molecular weight excluding hydrogens is 362 g/mol. The fraction of sp³-hybridized carbons (Fsp3) is 0.154. The Labute approximate surface area is 130 Å². The van der Waals surface area contributed by atoms with Crippen molar-refractivity contribution in [3.8, 4) is 0 Å². The van der Waals surface area contributed by atoms with Gasteiger partial charge in [0.1, 0.15) is 4.90 Å². The molecule has 0 saturated carbocycles. The first-order valence-corrected chi connectivity index (χ1v) is 8.25. The molecule has 0 atom stereocenters. The number of furan rings is 1. The molecule has 8 heteroatoms. The number of halogens is 1. The van der Waals surface area contributed by atoms with Gasteiger partial charge in [-0.2, -0.15) is 0 Å². The quantitative estimate of drug-likeness (QED) is 0.838. The Morgan fingerprint density at radius 2 is 1.95 bits per heavy atom. The molecule has 0 fully saturated rings. The lowest BCUT2D eigenvalue weighted by atomic mass is 10.2. The van der Waals surface area contributed by atoms with Gasteiger partial charge in [-0.25, -0.2) is 13.2 Å². The van der Waals surface area contributed by atoms with Crippen LogP contribution in [-0.2, 0) is 16.4 Å². The summed E-state index contributed by atoms with van der Waals surface area (Å²) in [5.41, 5.74) is 1.47. The fourth-order valence-corrected chi connectivity index (χ4v) is 3.66. The first kappa shape index (κ1) is 15.6. The van der Waals surface area contributed by atoms with Gasteiger partial charge in [-0.1, -0.05) is 19.1 Å². The van der Waals surface area contributed by atoms with Crippen LogP contribution in [0.5, 0.6) is 0 Å². The Morgan fingerprint density at radius 1 is 1.33 bits per heavy atom. The van der Waals surface area contributed by atoms with Gasteiger partial charge in [-0.3, -0.25) is 4.72 Å². The summed E-state index contributed by atoms with van der Waals surface area (Å²) in [7, 11) is -3.93. The van der Waals surface area contributed by atoms with Crippen molar-refractivity contribution in [3.63, 3.8) is 0 Å². The standard InChI is InChI=1S/C13H12BrNO5S/c1-2-8-3-5-9(6-4-8)15-21(18,19)11-7-10(13(16)17)20-12(11)14/h3-7,15H,2H2,1H3,(H,16,17). The first-order chi connectivity index (χ1) is 9.83. The number of nitrogens with one attached hydrogen (secondary N) is 1. The summed E-state index contributed by atoms with van der Waals surface area (Å²) in [4.78, 5) is 10.5. The summed E-state index contributed by atoms with van der Waals surface area (Å²) in [6.07, 6.45) is 0.849. The maximum Gasteiger partial charge on any atom is 0.371 e. The van der Waals surface area contributed by atoms with Gasteiger partial charge in [0.2, 0.25) is 5.76 Å². The SMILES string of the molecule is CCc1ccc(NS(=O)(=O)c2cc(C(=O)O)oc2Br)cc1. The third-order valence-electron chi connectivity index (χ3n) is 2.77. The topological polar surface area (TPSA) is 96.6 Å². The zero-order chi connectivity index (χ0) is 15.6. The zero-order valence-electron chi connectivity index (χ0n) is 11.0. The minimum atomic E-state index is -3.93. The molecule has 112 valence electrons. The second-order valence-corrected chi connectivity index (χ2v) is 6.58. The monoisotopic (exact) mass is 373 g/mol. The molecule has 0 aliphatic rings. The molecule has 0 saturated heterocycles. The van der Waals surface area contributed by atoms with Crippen molar-refractivity contribution in [1.82, 2.24) is 0 Å². The van der Waals surface area contributed by atoms with E-state index in [2.05, 4.69) is 20.7 Å². The molecule has 0 aliphatic carbocycles. The van der Waals surface area contributed by atoms with E-state index in [1.54, 1.807) is 12.1 Å². The second-order valence-electron chi connectivity index (χ2n) is 4.21. The van der Waals surface area contributed by atoms with Crippen molar-refractivity contribution in [2.75, 3.05) is 4.72 Å². The highest BCUT2D eigenvalue weighted by Crippen LogP contribution is 2.28. The minimum absolute atomic E-state index is 0.155. The number of sulfonamides is 1. The van der Waals surface area contributed by atoms with Gasteiger partial charge in [0.25, 0.3) is 10.0 Å². The first-order valence-electron chi connectivity index (χ1n) is 5.98. The van der Waals surface area contributed by atoms with Crippen molar-refractivity contribution < 1.29 is 22.7 Å². The Morgan fingerprint density at radius 3 is 2.43 bits per heavy atom. The average molecular weight is 374 g/mol. The number of hydrogen-bond donors (Lipinski definition) is 2. The third-order valence-corrected chi connectivity index (χ3v) is 5.01. The van der Waals surface area contributed by atoms with E-state index in [9.17, 15) is 13.2 Å². The molecule has 0 amide bonds. The highest BCUT2D eigenvalue weighted by molar-refractivity contribution is 9.10. The normalized spacial score (nSPS) is 11.3. The van der Waals surface area contributed by atoms with E-state index in [4.69, 9.17) is 9.52 Å². The molecule has 0 aliphatic heterocycles. The van der Waals surface area contributed by atoms with E-state index in [-0.39, 0.29) is 9.56 Å². The molecule has 0 bridgehead atoms. The maximum atomic E-state index is 12.2. The average Bonchev–Trinajstić information content (AvgIpc) is 2.82. The molecule has 0 radical (unpaired) electrons. The Kier molecular flexibility index (Phi) is 4.38. The summed E-state index contributed by atoms with van der Waals surface area (Å²) < 4.78 is 31.5. The number of hydrogen-bond acceptors (Lipinski definition) is 4. The van der Waals surface area contributed by atoms with Crippen molar-refractivity contribution in [2.45, 2.75) is 18.2 Å². The molecule has 1 aromatic heterocycles.